The van der Waals surface area contributed by atoms with Crippen molar-refractivity contribution in [3.05, 3.63) is 24.6 Å². The number of aromatic nitrogens is 1. The van der Waals surface area contributed by atoms with E-state index in [4.69, 9.17) is 4.42 Å². The molecule has 0 fully saturated rings. The summed E-state index contributed by atoms with van der Waals surface area (Å²) in [5.41, 5.74) is 0.976. The number of hydrogen-bond acceptors (Lipinski definition) is 3. The van der Waals surface area contributed by atoms with Crippen molar-refractivity contribution in [2.45, 2.75) is 6.18 Å². The van der Waals surface area contributed by atoms with Crippen LogP contribution in [0, 0.1) is 0 Å². The molecule has 1 heterocycles. The molecule has 0 radical (unpaired) electrons. The van der Waals surface area contributed by atoms with E-state index in [9.17, 15) is 13.2 Å². The van der Waals surface area contributed by atoms with Crippen molar-refractivity contribution in [1.82, 2.24) is 4.98 Å². The summed E-state index contributed by atoms with van der Waals surface area (Å²) in [6.07, 6.45) is -3.11. The van der Waals surface area contributed by atoms with Crippen LogP contribution in [0.1, 0.15) is 0 Å². The zero-order valence-electron chi connectivity index (χ0n) is 7.41. The van der Waals surface area contributed by atoms with E-state index in [0.29, 0.717) is 11.1 Å². The van der Waals surface area contributed by atoms with Gasteiger partial charge in [0.05, 0.1) is 0 Å². The van der Waals surface area contributed by atoms with Gasteiger partial charge >= 0.3 is 6.18 Å². The Balaban J connectivity index is 2.15. The summed E-state index contributed by atoms with van der Waals surface area (Å²) in [5.74, 6) is 0.119. The maximum atomic E-state index is 11.8. The molecule has 0 amide bonds. The van der Waals surface area contributed by atoms with Gasteiger partial charge in [0, 0.05) is 6.07 Å². The molecule has 0 aliphatic heterocycles. The summed E-state index contributed by atoms with van der Waals surface area (Å²) in [5, 5.41) is 0. The van der Waals surface area contributed by atoms with Gasteiger partial charge in [0.2, 0.25) is 0 Å². The molecule has 0 aliphatic carbocycles. The highest BCUT2D eigenvalue weighted by molar-refractivity contribution is 5.73. The Bertz CT molecular complexity index is 464. The molecule has 0 N–H and O–H groups in total. The van der Waals surface area contributed by atoms with Gasteiger partial charge in [0.15, 0.2) is 18.6 Å². The predicted molar refractivity (Wildman–Crippen MR) is 45.6 cm³/mol. The van der Waals surface area contributed by atoms with E-state index < -0.39 is 12.8 Å². The second-order valence-corrected chi connectivity index (χ2v) is 2.89. The van der Waals surface area contributed by atoms with Crippen LogP contribution in [0.15, 0.2) is 29.0 Å². The van der Waals surface area contributed by atoms with E-state index in [1.54, 1.807) is 0 Å². The van der Waals surface area contributed by atoms with E-state index in [1.807, 2.05) is 0 Å². The van der Waals surface area contributed by atoms with Gasteiger partial charge in [0.25, 0.3) is 0 Å². The lowest BCUT2D eigenvalue weighted by Gasteiger charge is -2.08. The molecule has 80 valence electrons. The molecular formula is C9H6F3NO2. The van der Waals surface area contributed by atoms with Crippen LogP contribution < -0.4 is 4.74 Å². The molecular weight excluding hydrogens is 211 g/mol. The van der Waals surface area contributed by atoms with Crippen molar-refractivity contribution < 1.29 is 22.3 Å². The Kier molecular flexibility index (Phi) is 2.26. The molecule has 3 nitrogen and oxygen atoms in total. The number of ether oxygens (including phenoxy) is 1. The van der Waals surface area contributed by atoms with E-state index >= 15 is 0 Å². The first-order valence-corrected chi connectivity index (χ1v) is 4.07. The Morgan fingerprint density at radius 1 is 1.33 bits per heavy atom. The lowest BCUT2D eigenvalue weighted by Crippen LogP contribution is -2.19. The molecule has 1 aromatic carbocycles. The first-order valence-electron chi connectivity index (χ1n) is 4.07. The zero-order valence-corrected chi connectivity index (χ0v) is 7.41. The fourth-order valence-electron chi connectivity index (χ4n) is 1.09. The summed E-state index contributed by atoms with van der Waals surface area (Å²) in [4.78, 5) is 3.80. The average Bonchev–Trinajstić information content (AvgIpc) is 2.60. The minimum atomic E-state index is -4.33. The smallest absolute Gasteiger partial charge is 0.422 e. The minimum absolute atomic E-state index is 0.119. The fraction of sp³-hybridized carbons (Fsp3) is 0.222. The van der Waals surface area contributed by atoms with Crippen LogP contribution in [-0.4, -0.2) is 17.8 Å². The van der Waals surface area contributed by atoms with Crippen LogP contribution in [0.5, 0.6) is 5.75 Å². The third-order valence-corrected chi connectivity index (χ3v) is 1.70. The summed E-state index contributed by atoms with van der Waals surface area (Å²) < 4.78 is 45.0. The number of rotatable bonds is 2. The molecule has 6 heteroatoms. The summed E-state index contributed by atoms with van der Waals surface area (Å²) >= 11 is 0. The SMILES string of the molecule is FC(F)(F)COc1ccc2ocnc2c1. The third kappa shape index (κ3) is 2.39. The van der Waals surface area contributed by atoms with Gasteiger partial charge in [-0.1, -0.05) is 0 Å². The number of halogens is 3. The van der Waals surface area contributed by atoms with Gasteiger partial charge in [0.1, 0.15) is 11.3 Å². The first kappa shape index (κ1) is 9.82. The molecule has 2 rings (SSSR count). The average molecular weight is 217 g/mol. The van der Waals surface area contributed by atoms with Gasteiger partial charge in [-0.2, -0.15) is 13.2 Å². The van der Waals surface area contributed by atoms with Gasteiger partial charge < -0.3 is 9.15 Å². The minimum Gasteiger partial charge on any atom is -0.484 e. The van der Waals surface area contributed by atoms with Gasteiger partial charge in [-0.15, -0.1) is 0 Å². The highest BCUT2D eigenvalue weighted by atomic mass is 19.4. The molecule has 0 atom stereocenters. The molecule has 0 saturated carbocycles. The normalized spacial score (nSPS) is 11.9. The van der Waals surface area contributed by atoms with E-state index in [-0.39, 0.29) is 5.75 Å². The van der Waals surface area contributed by atoms with Crippen molar-refractivity contribution in [2.24, 2.45) is 0 Å². The highest BCUT2D eigenvalue weighted by Gasteiger charge is 2.28. The Morgan fingerprint density at radius 3 is 2.87 bits per heavy atom. The summed E-state index contributed by atoms with van der Waals surface area (Å²) in [6.45, 7) is -1.31. The first-order chi connectivity index (χ1) is 7.04. The van der Waals surface area contributed by atoms with Crippen LogP contribution in [0.25, 0.3) is 11.1 Å². The molecule has 15 heavy (non-hydrogen) atoms. The summed E-state index contributed by atoms with van der Waals surface area (Å²) in [7, 11) is 0. The molecule has 0 saturated heterocycles. The molecule has 0 bridgehead atoms. The molecule has 0 unspecified atom stereocenters. The lowest BCUT2D eigenvalue weighted by atomic mass is 10.3. The number of hydrogen-bond donors (Lipinski definition) is 0. The second kappa shape index (κ2) is 3.45. The van der Waals surface area contributed by atoms with Gasteiger partial charge in [-0.3, -0.25) is 0 Å². The number of alkyl halides is 3. The number of oxazole rings is 1. The van der Waals surface area contributed by atoms with Crippen LogP contribution >= 0.6 is 0 Å². The maximum absolute atomic E-state index is 11.8. The number of nitrogens with zero attached hydrogens (tertiary/aromatic N) is 1. The monoisotopic (exact) mass is 217 g/mol. The van der Waals surface area contributed by atoms with Crippen LogP contribution in [-0.2, 0) is 0 Å². The topological polar surface area (TPSA) is 35.3 Å². The Morgan fingerprint density at radius 2 is 2.13 bits per heavy atom. The Hall–Kier alpha value is -1.72. The highest BCUT2D eigenvalue weighted by Crippen LogP contribution is 2.22. The van der Waals surface area contributed by atoms with Crippen molar-refractivity contribution in [2.75, 3.05) is 6.61 Å². The Labute approximate surface area is 82.5 Å². The van der Waals surface area contributed by atoms with Crippen LogP contribution in [0.4, 0.5) is 13.2 Å². The van der Waals surface area contributed by atoms with E-state index in [0.717, 1.165) is 0 Å². The standard InChI is InChI=1S/C9H6F3NO2/c10-9(11,12)4-14-6-1-2-8-7(3-6)13-5-15-8/h1-3,5H,4H2. The summed E-state index contributed by atoms with van der Waals surface area (Å²) in [6, 6.07) is 4.30. The maximum Gasteiger partial charge on any atom is 0.422 e. The third-order valence-electron chi connectivity index (χ3n) is 1.70. The van der Waals surface area contributed by atoms with Gasteiger partial charge in [-0.25, -0.2) is 4.98 Å². The largest absolute Gasteiger partial charge is 0.484 e. The van der Waals surface area contributed by atoms with Crippen molar-refractivity contribution >= 4 is 11.1 Å². The predicted octanol–water partition coefficient (Wildman–Crippen LogP) is 2.77. The molecule has 0 spiro atoms. The van der Waals surface area contributed by atoms with Gasteiger partial charge in [-0.05, 0) is 12.1 Å². The molecule has 0 aliphatic rings. The van der Waals surface area contributed by atoms with Crippen LogP contribution in [0.2, 0.25) is 0 Å². The zero-order chi connectivity index (χ0) is 10.9. The molecule has 2 aromatic rings. The van der Waals surface area contributed by atoms with Crippen LogP contribution in [0.3, 0.4) is 0 Å². The number of benzene rings is 1. The fourth-order valence-corrected chi connectivity index (χ4v) is 1.09. The lowest BCUT2D eigenvalue weighted by molar-refractivity contribution is -0.153. The molecule has 1 aromatic heterocycles. The van der Waals surface area contributed by atoms with E-state index in [1.165, 1.54) is 24.6 Å². The number of fused-ring (bicyclic) bond motifs is 1. The van der Waals surface area contributed by atoms with Crippen molar-refractivity contribution in [1.29, 1.82) is 0 Å². The van der Waals surface area contributed by atoms with Crippen molar-refractivity contribution in [3.63, 3.8) is 0 Å². The van der Waals surface area contributed by atoms with Crippen molar-refractivity contribution in [3.8, 4) is 5.75 Å². The van der Waals surface area contributed by atoms with E-state index in [2.05, 4.69) is 9.72 Å². The quantitative estimate of drug-likeness (QED) is 0.775. The second-order valence-electron chi connectivity index (χ2n) is 2.89.